The number of aromatic nitrogens is 1. The summed E-state index contributed by atoms with van der Waals surface area (Å²) in [6, 6.07) is 12.9. The first-order valence-electron chi connectivity index (χ1n) is 8.44. The summed E-state index contributed by atoms with van der Waals surface area (Å²) >= 11 is 0. The highest BCUT2D eigenvalue weighted by Gasteiger charge is 2.21. The molecule has 0 unspecified atom stereocenters. The number of amides is 1. The van der Waals surface area contributed by atoms with Crippen molar-refractivity contribution in [3.63, 3.8) is 0 Å². The van der Waals surface area contributed by atoms with Crippen molar-refractivity contribution in [2.24, 2.45) is 0 Å². The topological polar surface area (TPSA) is 72.3 Å². The molecule has 1 aliphatic heterocycles. The first kappa shape index (κ1) is 16.9. The molecule has 0 spiro atoms. The van der Waals surface area contributed by atoms with Crippen LogP contribution >= 0.6 is 0 Å². The van der Waals surface area contributed by atoms with Gasteiger partial charge in [0.2, 0.25) is 0 Å². The highest BCUT2D eigenvalue weighted by Crippen LogP contribution is 2.17. The smallest absolute Gasteiger partial charge is 0.272 e. The van der Waals surface area contributed by atoms with Crippen molar-refractivity contribution in [2.75, 3.05) is 38.0 Å². The standard InChI is InChI=1S/C19H21N5O/c1-2-23-8-10-24(11-9-23)19(25)18-7-6-17(14-21-18)22-16-5-3-4-15(12-16)13-20/h3-7,12,14,22H,2,8-11H2,1H3. The Morgan fingerprint density at radius 2 is 2.00 bits per heavy atom. The molecule has 2 aromatic rings. The van der Waals surface area contributed by atoms with Gasteiger partial charge in [-0.3, -0.25) is 4.79 Å². The maximum Gasteiger partial charge on any atom is 0.272 e. The molecule has 0 aliphatic carbocycles. The molecule has 1 N–H and O–H groups in total. The Morgan fingerprint density at radius 3 is 2.64 bits per heavy atom. The van der Waals surface area contributed by atoms with E-state index >= 15 is 0 Å². The van der Waals surface area contributed by atoms with Crippen LogP contribution in [0.25, 0.3) is 0 Å². The Kier molecular flexibility index (Phi) is 5.26. The number of carbonyl (C=O) groups is 1. The fraction of sp³-hybridized carbons (Fsp3) is 0.316. The maximum absolute atomic E-state index is 12.5. The van der Waals surface area contributed by atoms with E-state index in [1.807, 2.05) is 23.1 Å². The van der Waals surface area contributed by atoms with E-state index in [9.17, 15) is 4.79 Å². The van der Waals surface area contributed by atoms with E-state index in [-0.39, 0.29) is 5.91 Å². The van der Waals surface area contributed by atoms with E-state index in [2.05, 4.69) is 28.2 Å². The van der Waals surface area contributed by atoms with Gasteiger partial charge in [0, 0.05) is 31.9 Å². The molecular weight excluding hydrogens is 314 g/mol. The third-order valence-electron chi connectivity index (χ3n) is 4.37. The molecule has 128 valence electrons. The lowest BCUT2D eigenvalue weighted by Gasteiger charge is -2.33. The molecule has 25 heavy (non-hydrogen) atoms. The number of nitrogens with one attached hydrogen (secondary N) is 1. The maximum atomic E-state index is 12.5. The molecule has 1 aliphatic rings. The van der Waals surface area contributed by atoms with Gasteiger partial charge in [0.25, 0.3) is 5.91 Å². The number of hydrogen-bond acceptors (Lipinski definition) is 5. The Labute approximate surface area is 147 Å². The van der Waals surface area contributed by atoms with Gasteiger partial charge in [-0.1, -0.05) is 13.0 Å². The summed E-state index contributed by atoms with van der Waals surface area (Å²) in [6.45, 7) is 6.48. The van der Waals surface area contributed by atoms with E-state index in [1.165, 1.54) is 0 Å². The van der Waals surface area contributed by atoms with Crippen LogP contribution in [0.3, 0.4) is 0 Å². The van der Waals surface area contributed by atoms with Crippen molar-refractivity contribution in [1.82, 2.24) is 14.8 Å². The number of likely N-dealkylation sites (N-methyl/N-ethyl adjacent to an activating group) is 1. The molecule has 1 amide bonds. The molecule has 3 rings (SSSR count). The molecule has 0 radical (unpaired) electrons. The number of nitrogens with zero attached hydrogens (tertiary/aromatic N) is 4. The van der Waals surface area contributed by atoms with E-state index in [4.69, 9.17) is 5.26 Å². The predicted octanol–water partition coefficient (Wildman–Crippen LogP) is 2.47. The first-order chi connectivity index (χ1) is 12.2. The van der Waals surface area contributed by atoms with Gasteiger partial charge >= 0.3 is 0 Å². The lowest BCUT2D eigenvalue weighted by Crippen LogP contribution is -2.48. The number of anilines is 2. The molecule has 1 saturated heterocycles. The number of rotatable bonds is 4. The quantitative estimate of drug-likeness (QED) is 0.929. The van der Waals surface area contributed by atoms with Crippen LogP contribution in [0.4, 0.5) is 11.4 Å². The monoisotopic (exact) mass is 335 g/mol. The molecule has 2 heterocycles. The second-order valence-electron chi connectivity index (χ2n) is 5.98. The molecule has 0 bridgehead atoms. The largest absolute Gasteiger partial charge is 0.354 e. The fourth-order valence-electron chi connectivity index (χ4n) is 2.86. The number of carbonyl (C=O) groups excluding carboxylic acids is 1. The van der Waals surface area contributed by atoms with E-state index in [1.54, 1.807) is 24.4 Å². The first-order valence-corrected chi connectivity index (χ1v) is 8.44. The lowest BCUT2D eigenvalue weighted by atomic mass is 10.2. The minimum Gasteiger partial charge on any atom is -0.354 e. The number of nitriles is 1. The van der Waals surface area contributed by atoms with Gasteiger partial charge in [-0.2, -0.15) is 5.26 Å². The molecule has 1 fully saturated rings. The van der Waals surface area contributed by atoms with Gasteiger partial charge in [0.15, 0.2) is 0 Å². The zero-order chi connectivity index (χ0) is 17.6. The minimum absolute atomic E-state index is 0.0196. The zero-order valence-corrected chi connectivity index (χ0v) is 14.3. The van der Waals surface area contributed by atoms with Gasteiger partial charge in [-0.15, -0.1) is 0 Å². The number of hydrogen-bond donors (Lipinski definition) is 1. The summed E-state index contributed by atoms with van der Waals surface area (Å²) in [5, 5.41) is 12.1. The number of piperazine rings is 1. The van der Waals surface area contributed by atoms with Crippen LogP contribution in [-0.2, 0) is 0 Å². The van der Waals surface area contributed by atoms with Crippen LogP contribution in [-0.4, -0.2) is 53.4 Å². The third kappa shape index (κ3) is 4.14. The summed E-state index contributed by atoms with van der Waals surface area (Å²) < 4.78 is 0. The number of pyridine rings is 1. The molecular formula is C19H21N5O. The van der Waals surface area contributed by atoms with Crippen molar-refractivity contribution < 1.29 is 4.79 Å². The summed E-state index contributed by atoms with van der Waals surface area (Å²) in [5.41, 5.74) is 2.65. The highest BCUT2D eigenvalue weighted by atomic mass is 16.2. The van der Waals surface area contributed by atoms with E-state index in [0.29, 0.717) is 11.3 Å². The minimum atomic E-state index is -0.0196. The fourth-order valence-corrected chi connectivity index (χ4v) is 2.86. The van der Waals surface area contributed by atoms with Crippen molar-refractivity contribution in [3.05, 3.63) is 53.9 Å². The van der Waals surface area contributed by atoms with Gasteiger partial charge < -0.3 is 15.1 Å². The lowest BCUT2D eigenvalue weighted by molar-refractivity contribution is 0.0637. The predicted molar refractivity (Wildman–Crippen MR) is 96.7 cm³/mol. The summed E-state index contributed by atoms with van der Waals surface area (Å²) in [5.74, 6) is -0.0196. The number of benzene rings is 1. The Balaban J connectivity index is 1.64. The second-order valence-corrected chi connectivity index (χ2v) is 5.98. The average Bonchev–Trinajstić information content (AvgIpc) is 2.68. The second kappa shape index (κ2) is 7.77. The third-order valence-corrected chi connectivity index (χ3v) is 4.37. The normalized spacial score (nSPS) is 14.8. The van der Waals surface area contributed by atoms with Crippen LogP contribution in [0, 0.1) is 11.3 Å². The Hall–Kier alpha value is -2.91. The van der Waals surface area contributed by atoms with E-state index < -0.39 is 0 Å². The Bertz CT molecular complexity index is 773. The van der Waals surface area contributed by atoms with Crippen molar-refractivity contribution in [3.8, 4) is 6.07 Å². The van der Waals surface area contributed by atoms with Crippen molar-refractivity contribution in [1.29, 1.82) is 5.26 Å². The SMILES string of the molecule is CCN1CCN(C(=O)c2ccc(Nc3cccc(C#N)c3)cn2)CC1. The van der Waals surface area contributed by atoms with Gasteiger partial charge in [0.1, 0.15) is 5.69 Å². The highest BCUT2D eigenvalue weighted by molar-refractivity contribution is 5.92. The molecule has 1 aromatic carbocycles. The molecule has 0 atom stereocenters. The van der Waals surface area contributed by atoms with Crippen molar-refractivity contribution >= 4 is 17.3 Å². The van der Waals surface area contributed by atoms with E-state index in [0.717, 1.165) is 44.1 Å². The molecule has 1 aromatic heterocycles. The molecule has 6 heteroatoms. The van der Waals surface area contributed by atoms with Crippen LogP contribution in [0.15, 0.2) is 42.6 Å². The summed E-state index contributed by atoms with van der Waals surface area (Å²) in [4.78, 5) is 21.0. The van der Waals surface area contributed by atoms with Crippen LogP contribution in [0.1, 0.15) is 23.0 Å². The van der Waals surface area contributed by atoms with Crippen LogP contribution in [0.5, 0.6) is 0 Å². The summed E-state index contributed by atoms with van der Waals surface area (Å²) in [7, 11) is 0. The average molecular weight is 335 g/mol. The van der Waals surface area contributed by atoms with Gasteiger partial charge in [-0.05, 0) is 36.9 Å². The van der Waals surface area contributed by atoms with Crippen LogP contribution < -0.4 is 5.32 Å². The Morgan fingerprint density at radius 1 is 1.20 bits per heavy atom. The molecule has 0 saturated carbocycles. The molecule has 6 nitrogen and oxygen atoms in total. The van der Waals surface area contributed by atoms with Crippen LogP contribution in [0.2, 0.25) is 0 Å². The van der Waals surface area contributed by atoms with Gasteiger partial charge in [0.05, 0.1) is 23.5 Å². The zero-order valence-electron chi connectivity index (χ0n) is 14.3. The van der Waals surface area contributed by atoms with Gasteiger partial charge in [-0.25, -0.2) is 4.98 Å². The van der Waals surface area contributed by atoms with Crippen molar-refractivity contribution in [2.45, 2.75) is 6.92 Å². The summed E-state index contributed by atoms with van der Waals surface area (Å²) in [6.07, 6.45) is 1.65.